The fraction of sp³-hybridized carbons (Fsp3) is 0.636. The van der Waals surface area contributed by atoms with Gasteiger partial charge in [-0.15, -0.1) is 0 Å². The maximum Gasteiger partial charge on any atom is 0.101 e. The van der Waals surface area contributed by atoms with Gasteiger partial charge in [-0.2, -0.15) is 0 Å². The number of fused-ring (bicyclic) bond motifs is 2. The second kappa shape index (κ2) is 3.44. The number of hydrogen-bond acceptors (Lipinski definition) is 2. The van der Waals surface area contributed by atoms with Crippen molar-refractivity contribution in [3.63, 3.8) is 0 Å². The first-order valence-electron chi connectivity index (χ1n) is 4.88. The third-order valence-electron chi connectivity index (χ3n) is 3.27. The standard InChI is InChI=1S/C11H16O2/c1-3-12-10-6-9-5-8(10)7-11(9)13-4-2/h3-4,8-11H,1-2,5-7H2. The van der Waals surface area contributed by atoms with Crippen molar-refractivity contribution in [2.24, 2.45) is 11.8 Å². The van der Waals surface area contributed by atoms with E-state index < -0.39 is 0 Å². The Hall–Kier alpha value is -0.920. The highest BCUT2D eigenvalue weighted by atomic mass is 16.5. The Bertz CT molecular complexity index is 190. The van der Waals surface area contributed by atoms with E-state index in [1.54, 1.807) is 12.5 Å². The molecule has 2 saturated carbocycles. The topological polar surface area (TPSA) is 18.5 Å². The van der Waals surface area contributed by atoms with Gasteiger partial charge in [0, 0.05) is 0 Å². The monoisotopic (exact) mass is 180 g/mol. The predicted molar refractivity (Wildman–Crippen MR) is 51.0 cm³/mol. The molecule has 0 radical (unpaired) electrons. The molecule has 2 nitrogen and oxygen atoms in total. The first-order chi connectivity index (χ1) is 6.35. The molecule has 13 heavy (non-hydrogen) atoms. The normalized spacial score (nSPS) is 41.5. The first kappa shape index (κ1) is 8.67. The van der Waals surface area contributed by atoms with Crippen LogP contribution >= 0.6 is 0 Å². The van der Waals surface area contributed by atoms with Crippen LogP contribution in [0, 0.1) is 11.8 Å². The van der Waals surface area contributed by atoms with E-state index in [0.29, 0.717) is 24.0 Å². The van der Waals surface area contributed by atoms with Gasteiger partial charge in [0.05, 0.1) is 12.5 Å². The van der Waals surface area contributed by atoms with E-state index in [9.17, 15) is 0 Å². The van der Waals surface area contributed by atoms with E-state index in [4.69, 9.17) is 9.47 Å². The summed E-state index contributed by atoms with van der Waals surface area (Å²) in [5.74, 6) is 1.35. The summed E-state index contributed by atoms with van der Waals surface area (Å²) < 4.78 is 10.9. The van der Waals surface area contributed by atoms with Crippen LogP contribution in [0.15, 0.2) is 25.7 Å². The molecule has 0 saturated heterocycles. The first-order valence-corrected chi connectivity index (χ1v) is 4.88. The van der Waals surface area contributed by atoms with Crippen LogP contribution in [-0.4, -0.2) is 12.2 Å². The van der Waals surface area contributed by atoms with Crippen LogP contribution in [0.3, 0.4) is 0 Å². The molecular formula is C11H16O2. The molecule has 0 aromatic heterocycles. The lowest BCUT2D eigenvalue weighted by atomic mass is 9.95. The van der Waals surface area contributed by atoms with Gasteiger partial charge in [0.15, 0.2) is 0 Å². The lowest BCUT2D eigenvalue weighted by molar-refractivity contribution is 0.0274. The zero-order valence-electron chi connectivity index (χ0n) is 7.82. The summed E-state index contributed by atoms with van der Waals surface area (Å²) in [5.41, 5.74) is 0. The summed E-state index contributed by atoms with van der Waals surface area (Å²) in [6.07, 6.45) is 7.41. The van der Waals surface area contributed by atoms with Crippen molar-refractivity contribution in [1.29, 1.82) is 0 Å². The minimum atomic E-state index is 0.396. The van der Waals surface area contributed by atoms with Crippen molar-refractivity contribution in [1.82, 2.24) is 0 Å². The minimum Gasteiger partial charge on any atom is -0.498 e. The Morgan fingerprint density at radius 2 is 1.31 bits per heavy atom. The lowest BCUT2D eigenvalue weighted by Gasteiger charge is -2.26. The van der Waals surface area contributed by atoms with Crippen LogP contribution in [0.4, 0.5) is 0 Å². The Balaban J connectivity index is 1.91. The average molecular weight is 180 g/mol. The maximum atomic E-state index is 5.45. The molecule has 2 fully saturated rings. The van der Waals surface area contributed by atoms with Crippen molar-refractivity contribution in [3.8, 4) is 0 Å². The summed E-state index contributed by atoms with van der Waals surface area (Å²) in [5, 5.41) is 0. The van der Waals surface area contributed by atoms with Crippen LogP contribution in [0.5, 0.6) is 0 Å². The van der Waals surface area contributed by atoms with Crippen molar-refractivity contribution in [2.75, 3.05) is 0 Å². The van der Waals surface area contributed by atoms with E-state index in [1.165, 1.54) is 6.42 Å². The van der Waals surface area contributed by atoms with E-state index in [2.05, 4.69) is 13.2 Å². The summed E-state index contributed by atoms with van der Waals surface area (Å²) >= 11 is 0. The van der Waals surface area contributed by atoms with Gasteiger partial charge in [-0.05, 0) is 31.1 Å². The molecule has 2 aliphatic rings. The molecular weight excluding hydrogens is 164 g/mol. The molecule has 0 aromatic rings. The fourth-order valence-corrected chi connectivity index (χ4v) is 2.75. The number of rotatable bonds is 4. The van der Waals surface area contributed by atoms with E-state index >= 15 is 0 Å². The van der Waals surface area contributed by atoms with Crippen LogP contribution < -0.4 is 0 Å². The van der Waals surface area contributed by atoms with Crippen LogP contribution in [0.1, 0.15) is 19.3 Å². The van der Waals surface area contributed by atoms with Crippen molar-refractivity contribution in [3.05, 3.63) is 25.7 Å². The number of hydrogen-bond donors (Lipinski definition) is 0. The lowest BCUT2D eigenvalue weighted by Crippen LogP contribution is -2.27. The molecule has 4 atom stereocenters. The Morgan fingerprint density at radius 3 is 1.62 bits per heavy atom. The van der Waals surface area contributed by atoms with Gasteiger partial charge in [-0.1, -0.05) is 13.2 Å². The summed E-state index contributed by atoms with van der Waals surface area (Å²) in [6, 6.07) is 0. The van der Waals surface area contributed by atoms with Crippen LogP contribution in [0.2, 0.25) is 0 Å². The van der Waals surface area contributed by atoms with E-state index in [-0.39, 0.29) is 0 Å². The second-order valence-electron chi connectivity index (χ2n) is 3.91. The summed E-state index contributed by atoms with van der Waals surface area (Å²) in [4.78, 5) is 0. The maximum absolute atomic E-state index is 5.45. The second-order valence-corrected chi connectivity index (χ2v) is 3.91. The van der Waals surface area contributed by atoms with E-state index in [1.807, 2.05) is 0 Å². The molecule has 2 bridgehead atoms. The van der Waals surface area contributed by atoms with Crippen LogP contribution in [-0.2, 0) is 9.47 Å². The SMILES string of the molecule is C=COC1CC2CC1CC2OC=C. The van der Waals surface area contributed by atoms with Crippen molar-refractivity contribution < 1.29 is 9.47 Å². The molecule has 2 heteroatoms. The Kier molecular flexibility index (Phi) is 2.30. The zero-order valence-corrected chi connectivity index (χ0v) is 7.82. The number of ether oxygens (including phenoxy) is 2. The fourth-order valence-electron chi connectivity index (χ4n) is 2.75. The van der Waals surface area contributed by atoms with Crippen LogP contribution in [0.25, 0.3) is 0 Å². The van der Waals surface area contributed by atoms with Gasteiger partial charge < -0.3 is 9.47 Å². The van der Waals surface area contributed by atoms with Gasteiger partial charge in [0.25, 0.3) is 0 Å². The zero-order chi connectivity index (χ0) is 9.26. The molecule has 0 aliphatic heterocycles. The Morgan fingerprint density at radius 1 is 0.846 bits per heavy atom. The molecule has 0 amide bonds. The van der Waals surface area contributed by atoms with Crippen molar-refractivity contribution >= 4 is 0 Å². The molecule has 0 aromatic carbocycles. The van der Waals surface area contributed by atoms with Gasteiger partial charge in [0.1, 0.15) is 12.2 Å². The molecule has 0 spiro atoms. The molecule has 2 rings (SSSR count). The largest absolute Gasteiger partial charge is 0.498 e. The third kappa shape index (κ3) is 1.45. The Labute approximate surface area is 79.2 Å². The highest BCUT2D eigenvalue weighted by Crippen LogP contribution is 2.47. The average Bonchev–Trinajstić information content (AvgIpc) is 2.65. The van der Waals surface area contributed by atoms with Gasteiger partial charge >= 0.3 is 0 Å². The highest BCUT2D eigenvalue weighted by Gasteiger charge is 2.47. The smallest absolute Gasteiger partial charge is 0.101 e. The summed E-state index contributed by atoms with van der Waals surface area (Å²) in [7, 11) is 0. The minimum absolute atomic E-state index is 0.396. The molecule has 0 N–H and O–H groups in total. The van der Waals surface area contributed by atoms with Gasteiger partial charge in [-0.25, -0.2) is 0 Å². The highest BCUT2D eigenvalue weighted by molar-refractivity contribution is 4.98. The predicted octanol–water partition coefficient (Wildman–Crippen LogP) is 2.47. The summed E-state index contributed by atoms with van der Waals surface area (Å²) in [6.45, 7) is 7.19. The van der Waals surface area contributed by atoms with Gasteiger partial charge in [-0.3, -0.25) is 0 Å². The van der Waals surface area contributed by atoms with Gasteiger partial charge in [0.2, 0.25) is 0 Å². The quantitative estimate of drug-likeness (QED) is 0.619. The molecule has 72 valence electrons. The van der Waals surface area contributed by atoms with Crippen molar-refractivity contribution in [2.45, 2.75) is 31.5 Å². The van der Waals surface area contributed by atoms with E-state index in [0.717, 1.165) is 12.8 Å². The molecule has 4 unspecified atom stereocenters. The molecule has 2 aliphatic carbocycles. The molecule has 0 heterocycles. The third-order valence-corrected chi connectivity index (χ3v) is 3.27.